The number of benzene rings is 2. The van der Waals surface area contributed by atoms with Gasteiger partial charge >= 0.3 is 0 Å². The van der Waals surface area contributed by atoms with Gasteiger partial charge in [0.2, 0.25) is 18.6 Å². The molecule has 1 heterocycles. The highest BCUT2D eigenvalue weighted by Crippen LogP contribution is 2.37. The fraction of sp³-hybridized carbons (Fsp3) is 0.543. The van der Waals surface area contributed by atoms with Gasteiger partial charge in [0.15, 0.2) is 11.5 Å². The number of halogens is 1. The van der Waals surface area contributed by atoms with Crippen molar-refractivity contribution >= 4 is 34.4 Å². The van der Waals surface area contributed by atoms with Crippen molar-refractivity contribution in [3.63, 3.8) is 0 Å². The summed E-state index contributed by atoms with van der Waals surface area (Å²) in [5.41, 5.74) is 1.15. The third-order valence-corrected chi connectivity index (χ3v) is 10.1. The number of nitrogens with zero attached hydrogens (tertiary/aromatic N) is 1. The fourth-order valence-corrected chi connectivity index (χ4v) is 7.17. The molecule has 1 fully saturated rings. The first-order valence-corrected chi connectivity index (χ1v) is 17.2. The Morgan fingerprint density at radius 1 is 1.13 bits per heavy atom. The summed E-state index contributed by atoms with van der Waals surface area (Å²) in [7, 11) is 0. The molecule has 10 nitrogen and oxygen atoms in total. The number of hydrogen-bond acceptors (Lipinski definition) is 8. The second kappa shape index (κ2) is 15.8. The number of aliphatic hydroxyl groups is 2. The second-order valence-electron chi connectivity index (χ2n) is 12.8. The summed E-state index contributed by atoms with van der Waals surface area (Å²) in [4.78, 5) is 29.1. The van der Waals surface area contributed by atoms with Gasteiger partial charge in [0, 0.05) is 25.1 Å². The van der Waals surface area contributed by atoms with Gasteiger partial charge in [0.05, 0.1) is 22.3 Å². The third kappa shape index (κ3) is 8.34. The van der Waals surface area contributed by atoms with E-state index in [1.165, 1.54) is 0 Å². The minimum Gasteiger partial charge on any atom is -0.482 e. The molecule has 1 aliphatic heterocycles. The van der Waals surface area contributed by atoms with Gasteiger partial charge in [-0.1, -0.05) is 45.4 Å². The van der Waals surface area contributed by atoms with Crippen molar-refractivity contribution in [2.45, 2.75) is 77.4 Å². The minimum atomic E-state index is -1.15. The monoisotopic (exact) mass is 748 g/mol. The van der Waals surface area contributed by atoms with Crippen LogP contribution in [0, 0.1) is 21.3 Å². The molecule has 5 rings (SSSR count). The summed E-state index contributed by atoms with van der Waals surface area (Å²) in [5, 5.41) is 23.9. The van der Waals surface area contributed by atoms with Crippen LogP contribution in [0.3, 0.4) is 0 Å². The second-order valence-corrected chi connectivity index (χ2v) is 14.0. The molecule has 0 unspecified atom stereocenters. The Kier molecular flexibility index (Phi) is 11.8. The standard InChI is InChI=1S/C35H45IN2O8/c1-21(2)25-10-8-22(3)14-30(25)43-19-33(40)38(18-23-9-11-29-31(15-23)45-20-44-29)27-16-24(35(42)37-12-13-39)17-32(34(27)41)46-28-7-5-4-6-26(28)36/h4-7,9,11,15,17,21-22,25,27,30,32,34,39,41H,8,10,12-14,16,18-20H2,1-3H3,(H,37,42)/t22-,25+,27+,30-,32-,34-/m0/s1. The first kappa shape index (κ1) is 34.5. The summed E-state index contributed by atoms with van der Waals surface area (Å²) < 4.78 is 24.6. The predicted molar refractivity (Wildman–Crippen MR) is 180 cm³/mol. The van der Waals surface area contributed by atoms with Crippen LogP contribution in [-0.4, -0.2) is 77.8 Å². The van der Waals surface area contributed by atoms with E-state index in [0.717, 1.165) is 28.4 Å². The molecule has 2 amide bonds. The first-order valence-electron chi connectivity index (χ1n) is 16.1. The van der Waals surface area contributed by atoms with Crippen LogP contribution in [0.4, 0.5) is 0 Å². The van der Waals surface area contributed by atoms with Crippen molar-refractivity contribution in [3.05, 3.63) is 63.2 Å². The lowest BCUT2D eigenvalue weighted by Gasteiger charge is -2.41. The number of amides is 2. The van der Waals surface area contributed by atoms with Crippen molar-refractivity contribution in [2.24, 2.45) is 17.8 Å². The highest BCUT2D eigenvalue weighted by Gasteiger charge is 2.41. The molecule has 0 spiro atoms. The summed E-state index contributed by atoms with van der Waals surface area (Å²) >= 11 is 2.16. The third-order valence-electron chi connectivity index (χ3n) is 9.21. The highest BCUT2D eigenvalue weighted by atomic mass is 127. The Bertz CT molecular complexity index is 1400. The molecule has 250 valence electrons. The molecule has 0 aromatic heterocycles. The Morgan fingerprint density at radius 2 is 1.91 bits per heavy atom. The van der Waals surface area contributed by atoms with Crippen LogP contribution in [0.1, 0.15) is 52.0 Å². The molecule has 11 heteroatoms. The fourth-order valence-electron chi connectivity index (χ4n) is 6.66. The summed E-state index contributed by atoms with van der Waals surface area (Å²) in [6.07, 6.45) is 2.72. The molecule has 3 N–H and O–H groups in total. The van der Waals surface area contributed by atoms with E-state index in [-0.39, 0.29) is 57.4 Å². The molecule has 3 aliphatic rings. The lowest BCUT2D eigenvalue weighted by Crippen LogP contribution is -2.55. The largest absolute Gasteiger partial charge is 0.482 e. The number of aliphatic hydroxyl groups excluding tert-OH is 2. The Morgan fingerprint density at radius 3 is 2.67 bits per heavy atom. The van der Waals surface area contributed by atoms with Crippen LogP contribution in [0.5, 0.6) is 17.2 Å². The quantitative estimate of drug-likeness (QED) is 0.272. The SMILES string of the molecule is CC(C)[C@H]1CC[C@H](C)C[C@@H]1OCC(=O)N(Cc1ccc2c(c1)OCO2)[C@@H]1CC(C(=O)NCCO)=C[C@H](Oc2ccccc2I)[C@H]1O. The molecule has 46 heavy (non-hydrogen) atoms. The minimum absolute atomic E-state index is 0.0349. The lowest BCUT2D eigenvalue weighted by atomic mass is 9.75. The Balaban J connectivity index is 1.45. The van der Waals surface area contributed by atoms with Crippen LogP contribution in [0.25, 0.3) is 0 Å². The summed E-state index contributed by atoms with van der Waals surface area (Å²) in [6.45, 7) is 6.62. The van der Waals surface area contributed by atoms with Gasteiger partial charge in [-0.05, 0) is 89.1 Å². The number of rotatable bonds is 12. The van der Waals surface area contributed by atoms with Crippen molar-refractivity contribution in [1.29, 1.82) is 0 Å². The summed E-state index contributed by atoms with van der Waals surface area (Å²) in [6, 6.07) is 12.1. The van der Waals surface area contributed by atoms with Gasteiger partial charge in [-0.2, -0.15) is 0 Å². The zero-order chi connectivity index (χ0) is 32.8. The molecule has 2 aromatic rings. The number of fused-ring (bicyclic) bond motifs is 1. The molecule has 2 aliphatic carbocycles. The van der Waals surface area contributed by atoms with Crippen LogP contribution in [-0.2, 0) is 20.9 Å². The van der Waals surface area contributed by atoms with E-state index in [1.54, 1.807) is 17.0 Å². The lowest BCUT2D eigenvalue weighted by molar-refractivity contribution is -0.149. The maximum absolute atomic E-state index is 14.2. The van der Waals surface area contributed by atoms with E-state index >= 15 is 0 Å². The van der Waals surface area contributed by atoms with Gasteiger partial charge in [0.1, 0.15) is 24.6 Å². The zero-order valence-corrected chi connectivity index (χ0v) is 28.9. The van der Waals surface area contributed by atoms with Crippen LogP contribution < -0.4 is 19.5 Å². The Hall–Kier alpha value is -2.87. The topological polar surface area (TPSA) is 127 Å². The van der Waals surface area contributed by atoms with Crippen LogP contribution in [0.15, 0.2) is 54.1 Å². The zero-order valence-electron chi connectivity index (χ0n) is 26.7. The van der Waals surface area contributed by atoms with Crippen LogP contribution in [0.2, 0.25) is 0 Å². The molecular formula is C35H45IN2O8. The van der Waals surface area contributed by atoms with E-state index < -0.39 is 18.2 Å². The van der Waals surface area contributed by atoms with Gasteiger partial charge in [0.25, 0.3) is 0 Å². The number of carbonyl (C=O) groups excluding carboxylic acids is 2. The van der Waals surface area contributed by atoms with E-state index in [0.29, 0.717) is 40.6 Å². The number of ether oxygens (including phenoxy) is 4. The number of nitrogens with one attached hydrogen (secondary N) is 1. The first-order chi connectivity index (χ1) is 22.1. The molecular weight excluding hydrogens is 703 g/mol. The molecule has 0 saturated heterocycles. The summed E-state index contributed by atoms with van der Waals surface area (Å²) in [5.74, 6) is 2.42. The molecule has 0 radical (unpaired) electrons. The van der Waals surface area contributed by atoms with E-state index in [4.69, 9.17) is 18.9 Å². The maximum Gasteiger partial charge on any atom is 0.249 e. The van der Waals surface area contributed by atoms with Gasteiger partial charge in [-0.3, -0.25) is 9.59 Å². The number of para-hydroxylation sites is 1. The normalized spacial score (nSPS) is 25.6. The molecule has 0 bridgehead atoms. The highest BCUT2D eigenvalue weighted by molar-refractivity contribution is 14.1. The Labute approximate surface area is 284 Å². The van der Waals surface area contributed by atoms with E-state index in [1.807, 2.05) is 36.4 Å². The van der Waals surface area contributed by atoms with Crippen LogP contribution >= 0.6 is 22.6 Å². The van der Waals surface area contributed by atoms with Crippen molar-refractivity contribution < 1.29 is 38.7 Å². The smallest absolute Gasteiger partial charge is 0.249 e. The molecule has 6 atom stereocenters. The van der Waals surface area contributed by atoms with Crippen molar-refractivity contribution in [1.82, 2.24) is 10.2 Å². The average molecular weight is 749 g/mol. The van der Waals surface area contributed by atoms with Crippen molar-refractivity contribution in [3.8, 4) is 17.2 Å². The number of carbonyl (C=O) groups is 2. The van der Waals surface area contributed by atoms with Gasteiger partial charge in [-0.25, -0.2) is 0 Å². The number of hydrogen-bond donors (Lipinski definition) is 3. The maximum atomic E-state index is 14.2. The predicted octanol–water partition coefficient (Wildman–Crippen LogP) is 4.44. The molecule has 2 aromatic carbocycles. The van der Waals surface area contributed by atoms with E-state index in [9.17, 15) is 19.8 Å². The molecule has 1 saturated carbocycles. The van der Waals surface area contributed by atoms with Gasteiger partial charge in [-0.15, -0.1) is 0 Å². The average Bonchev–Trinajstić information content (AvgIpc) is 3.51. The van der Waals surface area contributed by atoms with Crippen molar-refractivity contribution in [2.75, 3.05) is 26.6 Å². The van der Waals surface area contributed by atoms with Gasteiger partial charge < -0.3 is 39.4 Å². The van der Waals surface area contributed by atoms with E-state index in [2.05, 4.69) is 48.7 Å².